The van der Waals surface area contributed by atoms with Gasteiger partial charge in [-0.15, -0.1) is 5.10 Å². The van der Waals surface area contributed by atoms with Gasteiger partial charge in [0.05, 0.1) is 11.7 Å². The summed E-state index contributed by atoms with van der Waals surface area (Å²) in [7, 11) is 0. The van der Waals surface area contributed by atoms with E-state index >= 15 is 0 Å². The fourth-order valence-electron chi connectivity index (χ4n) is 4.79. The predicted molar refractivity (Wildman–Crippen MR) is 121 cm³/mol. The van der Waals surface area contributed by atoms with Crippen molar-refractivity contribution in [3.05, 3.63) is 55.4 Å². The lowest BCUT2D eigenvalue weighted by Crippen LogP contribution is -2.37. The van der Waals surface area contributed by atoms with E-state index in [2.05, 4.69) is 57.4 Å². The zero-order valence-corrected chi connectivity index (χ0v) is 18.5. The van der Waals surface area contributed by atoms with Gasteiger partial charge in [0.2, 0.25) is 0 Å². The standard InChI is InChI=1S/C25H39N3/c1-7-9-16-21(15-8-2)23-19-28(27-26-23)25(5,6)20-24(3,4)22-17-13-11-10-12-14-18-22/h7-9,15-16,19,22H,1-2,10-14,17-18,20H2,3-6H3/b16-9-,21-15+. The molecule has 0 aliphatic heterocycles. The van der Waals surface area contributed by atoms with Crippen molar-refractivity contribution in [2.45, 2.75) is 84.6 Å². The van der Waals surface area contributed by atoms with E-state index in [-0.39, 0.29) is 11.0 Å². The number of hydrogen-bond acceptors (Lipinski definition) is 2. The second-order valence-corrected chi connectivity index (χ2v) is 9.52. The Morgan fingerprint density at radius 2 is 1.71 bits per heavy atom. The summed E-state index contributed by atoms with van der Waals surface area (Å²) in [5.74, 6) is 0.793. The van der Waals surface area contributed by atoms with Gasteiger partial charge >= 0.3 is 0 Å². The summed E-state index contributed by atoms with van der Waals surface area (Å²) in [6, 6.07) is 0. The van der Waals surface area contributed by atoms with Crippen LogP contribution in [0.25, 0.3) is 5.57 Å². The van der Waals surface area contributed by atoms with Crippen LogP contribution >= 0.6 is 0 Å². The van der Waals surface area contributed by atoms with E-state index < -0.39 is 0 Å². The maximum atomic E-state index is 4.49. The molecule has 0 saturated heterocycles. The third-order valence-electron chi connectivity index (χ3n) is 6.22. The Morgan fingerprint density at radius 1 is 1.07 bits per heavy atom. The highest BCUT2D eigenvalue weighted by atomic mass is 15.4. The third-order valence-corrected chi connectivity index (χ3v) is 6.22. The third kappa shape index (κ3) is 6.05. The van der Waals surface area contributed by atoms with Gasteiger partial charge in [0.15, 0.2) is 0 Å². The Morgan fingerprint density at radius 3 is 2.32 bits per heavy atom. The number of hydrogen-bond donors (Lipinski definition) is 0. The molecule has 3 nitrogen and oxygen atoms in total. The van der Waals surface area contributed by atoms with Gasteiger partial charge < -0.3 is 0 Å². The summed E-state index contributed by atoms with van der Waals surface area (Å²) in [5, 5.41) is 8.93. The van der Waals surface area contributed by atoms with Crippen molar-refractivity contribution in [3.8, 4) is 0 Å². The molecule has 0 spiro atoms. The Labute approximate surface area is 172 Å². The van der Waals surface area contributed by atoms with E-state index in [1.807, 2.05) is 22.9 Å². The zero-order chi connectivity index (χ0) is 20.6. The molecule has 2 rings (SSSR count). The van der Waals surface area contributed by atoms with Crippen molar-refractivity contribution in [3.63, 3.8) is 0 Å². The molecule has 0 amide bonds. The van der Waals surface area contributed by atoms with E-state index in [1.165, 1.54) is 44.9 Å². The summed E-state index contributed by atoms with van der Waals surface area (Å²) in [6.45, 7) is 17.0. The highest BCUT2D eigenvalue weighted by molar-refractivity contribution is 5.72. The molecule has 28 heavy (non-hydrogen) atoms. The number of allylic oxidation sites excluding steroid dienone is 6. The van der Waals surface area contributed by atoms with E-state index in [1.54, 1.807) is 12.2 Å². The highest BCUT2D eigenvalue weighted by Crippen LogP contribution is 2.43. The van der Waals surface area contributed by atoms with E-state index in [0.29, 0.717) is 0 Å². The maximum absolute atomic E-state index is 4.49. The first-order chi connectivity index (χ1) is 13.3. The lowest BCUT2D eigenvalue weighted by molar-refractivity contribution is 0.0960. The minimum atomic E-state index is -0.0848. The van der Waals surface area contributed by atoms with Crippen molar-refractivity contribution in [2.75, 3.05) is 0 Å². The van der Waals surface area contributed by atoms with Crippen molar-refractivity contribution in [1.29, 1.82) is 0 Å². The first-order valence-corrected chi connectivity index (χ1v) is 10.9. The van der Waals surface area contributed by atoms with Gasteiger partial charge in [0, 0.05) is 5.57 Å². The molecule has 1 saturated carbocycles. The fraction of sp³-hybridized carbons (Fsp3) is 0.600. The molecule has 1 heterocycles. The van der Waals surface area contributed by atoms with Crippen molar-refractivity contribution in [2.24, 2.45) is 11.3 Å². The van der Waals surface area contributed by atoms with Crippen molar-refractivity contribution in [1.82, 2.24) is 15.0 Å². The van der Waals surface area contributed by atoms with E-state index in [0.717, 1.165) is 23.6 Å². The molecule has 0 aromatic carbocycles. The van der Waals surface area contributed by atoms with Gasteiger partial charge in [-0.2, -0.15) is 0 Å². The second-order valence-electron chi connectivity index (χ2n) is 9.52. The smallest absolute Gasteiger partial charge is 0.113 e. The highest BCUT2D eigenvalue weighted by Gasteiger charge is 2.36. The average Bonchev–Trinajstić information content (AvgIpc) is 3.08. The maximum Gasteiger partial charge on any atom is 0.113 e. The summed E-state index contributed by atoms with van der Waals surface area (Å²) < 4.78 is 2.05. The monoisotopic (exact) mass is 381 g/mol. The van der Waals surface area contributed by atoms with Crippen LogP contribution in [0.15, 0.2) is 49.7 Å². The average molecular weight is 382 g/mol. The van der Waals surface area contributed by atoms with Gasteiger partial charge in [0.1, 0.15) is 5.69 Å². The molecular formula is C25H39N3. The molecule has 1 aliphatic rings. The molecule has 0 bridgehead atoms. The molecule has 1 aromatic heterocycles. The van der Waals surface area contributed by atoms with E-state index in [4.69, 9.17) is 0 Å². The van der Waals surface area contributed by atoms with Crippen LogP contribution in [0.2, 0.25) is 0 Å². The summed E-state index contributed by atoms with van der Waals surface area (Å²) in [6.07, 6.45) is 22.3. The molecule has 154 valence electrons. The van der Waals surface area contributed by atoms with Gasteiger partial charge in [-0.1, -0.05) is 94.7 Å². The first kappa shape index (κ1) is 22.4. The van der Waals surface area contributed by atoms with Crippen molar-refractivity contribution < 1.29 is 0 Å². The van der Waals surface area contributed by atoms with Crippen LogP contribution in [0.3, 0.4) is 0 Å². The second kappa shape index (κ2) is 10.0. The quantitative estimate of drug-likeness (QED) is 0.449. The molecule has 0 N–H and O–H groups in total. The molecule has 0 atom stereocenters. The van der Waals surface area contributed by atoms with Crippen molar-refractivity contribution >= 4 is 5.57 Å². The van der Waals surface area contributed by atoms with Gasteiger partial charge in [-0.05, 0) is 44.4 Å². The van der Waals surface area contributed by atoms with Gasteiger partial charge in [-0.3, -0.25) is 0 Å². The molecule has 0 unspecified atom stereocenters. The Hall–Kier alpha value is -1.90. The Kier molecular flexibility index (Phi) is 8.03. The number of nitrogens with zero attached hydrogens (tertiary/aromatic N) is 3. The van der Waals surface area contributed by atoms with Crippen LogP contribution < -0.4 is 0 Å². The lowest BCUT2D eigenvalue weighted by Gasteiger charge is -2.41. The minimum Gasteiger partial charge on any atom is -0.246 e. The Bertz CT molecular complexity index is 695. The van der Waals surface area contributed by atoms with Crippen LogP contribution in [0, 0.1) is 11.3 Å². The summed E-state index contributed by atoms with van der Waals surface area (Å²) in [4.78, 5) is 0. The van der Waals surface area contributed by atoms with E-state index in [9.17, 15) is 0 Å². The SMILES string of the molecule is C=C/C=C\C(=C/C=C)c1cn(C(C)(C)CC(C)(C)C2CCCCCCC2)nn1. The summed E-state index contributed by atoms with van der Waals surface area (Å²) >= 11 is 0. The first-order valence-electron chi connectivity index (χ1n) is 10.9. The Balaban J connectivity index is 2.18. The lowest BCUT2D eigenvalue weighted by atomic mass is 9.67. The molecule has 1 aromatic rings. The normalized spacial score (nSPS) is 18.1. The molecular weight excluding hydrogens is 342 g/mol. The molecule has 1 fully saturated rings. The van der Waals surface area contributed by atoms with Crippen LogP contribution in [-0.2, 0) is 5.54 Å². The van der Waals surface area contributed by atoms with Crippen LogP contribution in [-0.4, -0.2) is 15.0 Å². The molecule has 1 aliphatic carbocycles. The van der Waals surface area contributed by atoms with Crippen LogP contribution in [0.4, 0.5) is 0 Å². The van der Waals surface area contributed by atoms with Crippen LogP contribution in [0.1, 0.15) is 84.8 Å². The van der Waals surface area contributed by atoms with Gasteiger partial charge in [-0.25, -0.2) is 4.68 Å². The molecule has 0 radical (unpaired) electrons. The predicted octanol–water partition coefficient (Wildman–Crippen LogP) is 7.10. The summed E-state index contributed by atoms with van der Waals surface area (Å²) in [5.41, 5.74) is 2.07. The number of rotatable bonds is 8. The van der Waals surface area contributed by atoms with Crippen LogP contribution in [0.5, 0.6) is 0 Å². The molecule has 3 heteroatoms. The minimum absolute atomic E-state index is 0.0848. The number of aromatic nitrogens is 3. The largest absolute Gasteiger partial charge is 0.246 e. The topological polar surface area (TPSA) is 30.7 Å². The fourth-order valence-corrected chi connectivity index (χ4v) is 4.79. The zero-order valence-electron chi connectivity index (χ0n) is 18.5. The van der Waals surface area contributed by atoms with Gasteiger partial charge in [0.25, 0.3) is 0 Å².